The van der Waals surface area contributed by atoms with E-state index in [1.165, 1.54) is 22.8 Å². The molecule has 2 aliphatic rings. The van der Waals surface area contributed by atoms with Crippen molar-refractivity contribution in [3.63, 3.8) is 0 Å². The summed E-state index contributed by atoms with van der Waals surface area (Å²) in [6, 6.07) is 2.31. The third kappa shape index (κ3) is 3.15. The van der Waals surface area contributed by atoms with E-state index in [-0.39, 0.29) is 22.4 Å². The fraction of sp³-hybridized carbons (Fsp3) is 0.643. The number of fused-ring (bicyclic) bond motifs is 1. The van der Waals surface area contributed by atoms with Crippen LogP contribution in [0.3, 0.4) is 0 Å². The largest absolute Gasteiger partial charge is 0.296 e. The molecule has 128 valence electrons. The van der Waals surface area contributed by atoms with E-state index in [2.05, 4.69) is 9.88 Å². The Morgan fingerprint density at radius 3 is 2.65 bits per heavy atom. The number of aromatic nitrogens is 1. The number of sulfonamides is 1. The van der Waals surface area contributed by atoms with Crippen molar-refractivity contribution in [2.45, 2.75) is 30.3 Å². The normalized spacial score (nSPS) is 28.6. The fourth-order valence-corrected chi connectivity index (χ4v) is 7.21. The summed E-state index contributed by atoms with van der Waals surface area (Å²) in [7, 11) is -6.94. The monoisotopic (exact) mass is 359 g/mol. The Balaban J connectivity index is 1.95. The van der Waals surface area contributed by atoms with Gasteiger partial charge >= 0.3 is 0 Å². The quantitative estimate of drug-likeness (QED) is 0.750. The molecule has 0 saturated carbocycles. The second-order valence-corrected chi connectivity index (χ2v) is 10.1. The fourth-order valence-electron chi connectivity index (χ4n) is 3.49. The van der Waals surface area contributed by atoms with E-state index < -0.39 is 25.9 Å². The molecule has 0 aliphatic carbocycles. The molecule has 0 aromatic carbocycles. The molecule has 2 fully saturated rings. The third-order valence-corrected chi connectivity index (χ3v) is 8.10. The first-order valence-electron chi connectivity index (χ1n) is 7.71. The molecular formula is C14H21N3O4S2. The van der Waals surface area contributed by atoms with Crippen molar-refractivity contribution in [2.75, 3.05) is 31.1 Å². The summed E-state index contributed by atoms with van der Waals surface area (Å²) < 4.78 is 51.3. The molecule has 0 bridgehead atoms. The average Bonchev–Trinajstić information content (AvgIpc) is 2.83. The highest BCUT2D eigenvalue weighted by atomic mass is 32.2. The van der Waals surface area contributed by atoms with Gasteiger partial charge in [0.05, 0.1) is 17.5 Å². The van der Waals surface area contributed by atoms with Gasteiger partial charge in [0, 0.05) is 31.5 Å². The number of hydrogen-bond acceptors (Lipinski definition) is 6. The Morgan fingerprint density at radius 2 is 2.00 bits per heavy atom. The van der Waals surface area contributed by atoms with Gasteiger partial charge in [-0.2, -0.15) is 4.31 Å². The van der Waals surface area contributed by atoms with Crippen molar-refractivity contribution in [1.29, 1.82) is 0 Å². The molecule has 0 radical (unpaired) electrons. The van der Waals surface area contributed by atoms with Gasteiger partial charge in [-0.25, -0.2) is 16.8 Å². The van der Waals surface area contributed by atoms with Gasteiger partial charge in [0.15, 0.2) is 9.84 Å². The lowest BCUT2D eigenvalue weighted by atomic mass is 10.1. The van der Waals surface area contributed by atoms with Crippen molar-refractivity contribution >= 4 is 19.9 Å². The Labute approximate surface area is 137 Å². The molecule has 0 spiro atoms. The van der Waals surface area contributed by atoms with Gasteiger partial charge in [0.25, 0.3) is 0 Å². The summed E-state index contributed by atoms with van der Waals surface area (Å²) in [5, 5.41) is 0. The number of pyridine rings is 1. The summed E-state index contributed by atoms with van der Waals surface area (Å²) in [5.41, 5.74) is 0. The lowest BCUT2D eigenvalue weighted by Crippen LogP contribution is -2.60. The molecule has 2 aliphatic heterocycles. The SMILES string of the molecule is CCCN1CCN(S(=O)(=O)c2cccnc2)[C@@H]2CS(=O)(=O)C[C@@H]21. The molecule has 9 heteroatoms. The van der Waals surface area contributed by atoms with Crippen LogP contribution in [-0.4, -0.2) is 74.2 Å². The topological polar surface area (TPSA) is 87.7 Å². The van der Waals surface area contributed by atoms with Crippen molar-refractivity contribution in [3.05, 3.63) is 24.5 Å². The molecule has 1 aromatic heterocycles. The summed E-state index contributed by atoms with van der Waals surface area (Å²) in [5.74, 6) is -0.0614. The van der Waals surface area contributed by atoms with E-state index in [0.717, 1.165) is 13.0 Å². The van der Waals surface area contributed by atoms with Crippen LogP contribution in [-0.2, 0) is 19.9 Å². The van der Waals surface area contributed by atoms with E-state index in [4.69, 9.17) is 0 Å². The summed E-state index contributed by atoms with van der Waals surface area (Å²) in [6.45, 7) is 3.70. The zero-order chi connectivity index (χ0) is 16.7. The lowest BCUT2D eigenvalue weighted by Gasteiger charge is -2.42. The van der Waals surface area contributed by atoms with Crippen LogP contribution in [0.5, 0.6) is 0 Å². The van der Waals surface area contributed by atoms with Crippen molar-refractivity contribution < 1.29 is 16.8 Å². The molecule has 1 aromatic rings. The summed E-state index contributed by atoms with van der Waals surface area (Å²) in [4.78, 5) is 6.10. The number of rotatable bonds is 4. The second-order valence-electron chi connectivity index (χ2n) is 6.05. The first kappa shape index (κ1) is 16.8. The molecular weight excluding hydrogens is 338 g/mol. The number of sulfone groups is 1. The predicted octanol–water partition coefficient (Wildman–Crippen LogP) is -0.0365. The Morgan fingerprint density at radius 1 is 1.26 bits per heavy atom. The van der Waals surface area contributed by atoms with Crippen LogP contribution in [0.15, 0.2) is 29.4 Å². The molecule has 0 unspecified atom stereocenters. The van der Waals surface area contributed by atoms with Gasteiger partial charge in [-0.15, -0.1) is 0 Å². The Bertz CT molecular complexity index is 764. The number of nitrogens with zero attached hydrogens (tertiary/aromatic N) is 3. The molecule has 2 atom stereocenters. The summed E-state index contributed by atoms with van der Waals surface area (Å²) >= 11 is 0. The molecule has 7 nitrogen and oxygen atoms in total. The maximum Gasteiger partial charge on any atom is 0.244 e. The molecule has 0 amide bonds. The molecule has 3 rings (SSSR count). The zero-order valence-corrected chi connectivity index (χ0v) is 14.6. The van der Waals surface area contributed by atoms with Gasteiger partial charge in [-0.1, -0.05) is 6.92 Å². The van der Waals surface area contributed by atoms with E-state index in [9.17, 15) is 16.8 Å². The molecule has 23 heavy (non-hydrogen) atoms. The van der Waals surface area contributed by atoms with Crippen molar-refractivity contribution in [2.24, 2.45) is 0 Å². The Kier molecular flexibility index (Phi) is 4.47. The zero-order valence-electron chi connectivity index (χ0n) is 13.0. The number of piperazine rings is 1. The van der Waals surface area contributed by atoms with Crippen LogP contribution >= 0.6 is 0 Å². The van der Waals surface area contributed by atoms with Gasteiger partial charge < -0.3 is 0 Å². The van der Waals surface area contributed by atoms with E-state index in [0.29, 0.717) is 13.1 Å². The van der Waals surface area contributed by atoms with E-state index in [1.807, 2.05) is 6.92 Å². The minimum atomic E-state index is -3.73. The summed E-state index contributed by atoms with van der Waals surface area (Å²) in [6.07, 6.45) is 3.74. The predicted molar refractivity (Wildman–Crippen MR) is 86.2 cm³/mol. The lowest BCUT2D eigenvalue weighted by molar-refractivity contribution is 0.0957. The number of hydrogen-bond donors (Lipinski definition) is 0. The maximum absolute atomic E-state index is 12.9. The van der Waals surface area contributed by atoms with Crippen LogP contribution in [0.2, 0.25) is 0 Å². The van der Waals surface area contributed by atoms with Crippen LogP contribution in [0.4, 0.5) is 0 Å². The van der Waals surface area contributed by atoms with E-state index in [1.54, 1.807) is 6.07 Å². The standard InChI is InChI=1S/C14H21N3O4S2/c1-2-6-16-7-8-17(14-11-22(18,19)10-13(14)16)23(20,21)12-4-3-5-15-9-12/h3-5,9,13-14H,2,6-8,10-11H2,1H3/t13-,14+/m0/s1. The highest BCUT2D eigenvalue weighted by molar-refractivity contribution is 7.92. The van der Waals surface area contributed by atoms with Gasteiger partial charge in [0.1, 0.15) is 4.90 Å². The average molecular weight is 359 g/mol. The first-order chi connectivity index (χ1) is 10.8. The maximum atomic E-state index is 12.9. The third-order valence-electron chi connectivity index (χ3n) is 4.49. The molecule has 2 saturated heterocycles. The minimum absolute atomic E-state index is 0.0384. The van der Waals surface area contributed by atoms with Crippen molar-refractivity contribution in [3.8, 4) is 0 Å². The highest BCUT2D eigenvalue weighted by Crippen LogP contribution is 2.31. The molecule has 0 N–H and O–H groups in total. The Hall–Kier alpha value is -1.03. The first-order valence-corrected chi connectivity index (χ1v) is 11.0. The van der Waals surface area contributed by atoms with Crippen LogP contribution in [0.1, 0.15) is 13.3 Å². The van der Waals surface area contributed by atoms with Crippen molar-refractivity contribution in [1.82, 2.24) is 14.2 Å². The van der Waals surface area contributed by atoms with Crippen LogP contribution in [0, 0.1) is 0 Å². The smallest absolute Gasteiger partial charge is 0.244 e. The second kappa shape index (κ2) is 6.12. The van der Waals surface area contributed by atoms with Crippen LogP contribution < -0.4 is 0 Å². The molecule has 3 heterocycles. The van der Waals surface area contributed by atoms with Gasteiger partial charge in [0.2, 0.25) is 10.0 Å². The highest BCUT2D eigenvalue weighted by Gasteiger charge is 2.50. The van der Waals surface area contributed by atoms with Crippen LogP contribution in [0.25, 0.3) is 0 Å². The van der Waals surface area contributed by atoms with Gasteiger partial charge in [-0.3, -0.25) is 9.88 Å². The van der Waals surface area contributed by atoms with E-state index >= 15 is 0 Å². The minimum Gasteiger partial charge on any atom is -0.296 e. The van der Waals surface area contributed by atoms with Gasteiger partial charge in [-0.05, 0) is 25.1 Å².